The Morgan fingerprint density at radius 2 is 1.79 bits per heavy atom. The lowest BCUT2D eigenvalue weighted by molar-refractivity contribution is 0.00418. The summed E-state index contributed by atoms with van der Waals surface area (Å²) in [6.07, 6.45) is 8.25. The highest BCUT2D eigenvalue weighted by molar-refractivity contribution is 7.97. The number of rotatable bonds is 14. The van der Waals surface area contributed by atoms with E-state index in [1.54, 1.807) is 23.6 Å². The fourth-order valence-corrected chi connectivity index (χ4v) is 6.13. The molecule has 4 rings (SSSR count). The second-order valence-corrected chi connectivity index (χ2v) is 13.3. The predicted octanol–water partition coefficient (Wildman–Crippen LogP) is 7.59. The molecular formula is C34H49N3O5S. The number of methoxy groups -OCH3 is 1. The van der Waals surface area contributed by atoms with Gasteiger partial charge in [0.1, 0.15) is 17.1 Å². The van der Waals surface area contributed by atoms with Crippen LogP contribution in [0.5, 0.6) is 11.5 Å². The maximum Gasteiger partial charge on any atom is 0.419 e. The van der Waals surface area contributed by atoms with Gasteiger partial charge in [-0.05, 0) is 115 Å². The monoisotopic (exact) mass is 611 g/mol. The van der Waals surface area contributed by atoms with E-state index < -0.39 is 5.60 Å². The Hall–Kier alpha value is -2.72. The highest BCUT2D eigenvalue weighted by atomic mass is 32.2. The van der Waals surface area contributed by atoms with E-state index in [1.165, 1.54) is 0 Å². The molecule has 1 fully saturated rings. The summed E-state index contributed by atoms with van der Waals surface area (Å²) < 4.78 is 28.3. The molecule has 1 aromatic heterocycles. The molecule has 0 amide bonds. The number of likely N-dealkylation sites (tertiary alicyclic amines) is 1. The van der Waals surface area contributed by atoms with Crippen molar-refractivity contribution in [1.82, 2.24) is 14.2 Å². The third-order valence-electron chi connectivity index (χ3n) is 7.64. The summed E-state index contributed by atoms with van der Waals surface area (Å²) in [5.41, 5.74) is 2.42. The van der Waals surface area contributed by atoms with E-state index in [0.29, 0.717) is 6.10 Å². The van der Waals surface area contributed by atoms with Crippen molar-refractivity contribution in [3.05, 3.63) is 53.7 Å². The molecule has 0 saturated carbocycles. The maximum absolute atomic E-state index is 12.9. The smallest absolute Gasteiger partial charge is 0.419 e. The molecule has 1 aliphatic heterocycles. The van der Waals surface area contributed by atoms with Crippen molar-refractivity contribution < 1.29 is 23.7 Å². The number of benzene rings is 2. The number of nitrogens with zero attached hydrogens (tertiary/aromatic N) is 2. The molecule has 9 heteroatoms. The van der Waals surface area contributed by atoms with Gasteiger partial charge < -0.3 is 18.9 Å². The minimum atomic E-state index is -0.558. The molecule has 1 N–H and O–H groups in total. The number of aryl methyl sites for hydroxylation is 1. The molecule has 1 saturated heterocycles. The minimum absolute atomic E-state index is 0.315. The molecule has 2 heterocycles. The highest BCUT2D eigenvalue weighted by Crippen LogP contribution is 2.34. The predicted molar refractivity (Wildman–Crippen MR) is 174 cm³/mol. The standard InChI is InChI=1S/C34H49N3O5S/c1-25-22-31(39-6)30(29-16-19-37(32(25)29)33(38)42-34(2,3)4)24-36-17-14-26(15-18-36)40-20-9-7-8-10-21-41-27-12-11-13-28(23-27)43-35-5/h11-13,16,19,22-23,26,35H,7-10,14-15,17-18,20-21,24H2,1-6H3. The van der Waals surface area contributed by atoms with Gasteiger partial charge in [0, 0.05) is 48.3 Å². The first-order valence-electron chi connectivity index (χ1n) is 15.5. The zero-order chi connectivity index (χ0) is 30.8. The number of fused-ring (bicyclic) bond motifs is 1. The van der Waals surface area contributed by atoms with E-state index in [1.807, 2.05) is 65.2 Å². The van der Waals surface area contributed by atoms with Gasteiger partial charge in [-0.1, -0.05) is 12.5 Å². The Morgan fingerprint density at radius 3 is 2.49 bits per heavy atom. The molecule has 3 aromatic rings. The van der Waals surface area contributed by atoms with Crippen molar-refractivity contribution in [3.63, 3.8) is 0 Å². The molecule has 0 radical (unpaired) electrons. The first kappa shape index (κ1) is 33.2. The van der Waals surface area contributed by atoms with E-state index in [2.05, 4.69) is 21.8 Å². The Labute approximate surface area is 261 Å². The molecule has 1 aliphatic rings. The molecule has 0 aliphatic carbocycles. The van der Waals surface area contributed by atoms with Crippen molar-refractivity contribution in [1.29, 1.82) is 0 Å². The van der Waals surface area contributed by atoms with E-state index in [4.69, 9.17) is 18.9 Å². The van der Waals surface area contributed by atoms with Crippen LogP contribution in [-0.2, 0) is 16.0 Å². The highest BCUT2D eigenvalue weighted by Gasteiger charge is 2.25. The zero-order valence-corrected chi connectivity index (χ0v) is 27.6. The van der Waals surface area contributed by atoms with Crippen molar-refractivity contribution >= 4 is 28.9 Å². The zero-order valence-electron chi connectivity index (χ0n) is 26.7. The molecule has 0 atom stereocenters. The number of ether oxygens (including phenoxy) is 4. The number of nitrogens with one attached hydrogen (secondary N) is 1. The summed E-state index contributed by atoms with van der Waals surface area (Å²) in [5, 5.41) is 1.03. The van der Waals surface area contributed by atoms with E-state index >= 15 is 0 Å². The Bertz CT molecular complexity index is 1330. The third-order valence-corrected chi connectivity index (χ3v) is 8.34. The summed E-state index contributed by atoms with van der Waals surface area (Å²) in [7, 11) is 3.63. The average Bonchev–Trinajstić information content (AvgIpc) is 3.42. The number of carbonyl (C=O) groups is 1. The van der Waals surface area contributed by atoms with Gasteiger partial charge in [0.2, 0.25) is 0 Å². The lowest BCUT2D eigenvalue weighted by atomic mass is 10.0. The Morgan fingerprint density at radius 1 is 1.05 bits per heavy atom. The molecular weight excluding hydrogens is 562 g/mol. The van der Waals surface area contributed by atoms with Crippen LogP contribution in [0.15, 0.2) is 47.5 Å². The van der Waals surface area contributed by atoms with Crippen LogP contribution in [0.4, 0.5) is 4.79 Å². The van der Waals surface area contributed by atoms with Crippen molar-refractivity contribution in [3.8, 4) is 11.5 Å². The van der Waals surface area contributed by atoms with Gasteiger partial charge in [-0.3, -0.25) is 14.2 Å². The fraction of sp³-hybridized carbons (Fsp3) is 0.559. The van der Waals surface area contributed by atoms with Gasteiger partial charge in [-0.2, -0.15) is 0 Å². The number of hydrogen-bond acceptors (Lipinski definition) is 8. The number of piperidine rings is 1. The van der Waals surface area contributed by atoms with E-state index in [9.17, 15) is 4.79 Å². The first-order chi connectivity index (χ1) is 20.7. The maximum atomic E-state index is 12.9. The largest absolute Gasteiger partial charge is 0.496 e. The summed E-state index contributed by atoms with van der Waals surface area (Å²) in [4.78, 5) is 16.5. The third kappa shape index (κ3) is 9.63. The first-order valence-corrected chi connectivity index (χ1v) is 16.3. The quantitative estimate of drug-likeness (QED) is 0.148. The SMILES string of the molecule is CNSc1cccc(OCCCCCCOC2CCN(Cc3c(OC)cc(C)c4c3ccn4C(=O)OC(C)(C)C)CC2)c1. The lowest BCUT2D eigenvalue weighted by Crippen LogP contribution is -2.36. The minimum Gasteiger partial charge on any atom is -0.496 e. The van der Waals surface area contributed by atoms with Crippen molar-refractivity contribution in [2.24, 2.45) is 0 Å². The number of carbonyl (C=O) groups excluding carboxylic acids is 1. The second kappa shape index (κ2) is 15.8. The van der Waals surface area contributed by atoms with Crippen LogP contribution in [0.2, 0.25) is 0 Å². The van der Waals surface area contributed by atoms with Gasteiger partial charge in [-0.25, -0.2) is 4.79 Å². The fourth-order valence-electron chi connectivity index (χ4n) is 5.57. The summed E-state index contributed by atoms with van der Waals surface area (Å²) >= 11 is 1.59. The van der Waals surface area contributed by atoms with Crippen LogP contribution in [-0.4, -0.2) is 67.7 Å². The topological polar surface area (TPSA) is 74.2 Å². The van der Waals surface area contributed by atoms with Crippen LogP contribution in [0.25, 0.3) is 10.9 Å². The lowest BCUT2D eigenvalue weighted by Gasteiger charge is -2.32. The number of aromatic nitrogens is 1. The van der Waals surface area contributed by atoms with Crippen LogP contribution in [0.1, 0.15) is 70.4 Å². The Balaban J connectivity index is 1.19. The molecule has 2 aromatic carbocycles. The molecule has 0 unspecified atom stereocenters. The normalized spacial score (nSPS) is 14.7. The molecule has 236 valence electrons. The summed E-state index contributed by atoms with van der Waals surface area (Å²) in [6.45, 7) is 11.9. The molecule has 0 spiro atoms. The van der Waals surface area contributed by atoms with Crippen LogP contribution < -0.4 is 14.2 Å². The van der Waals surface area contributed by atoms with Crippen LogP contribution >= 0.6 is 11.9 Å². The molecule has 0 bridgehead atoms. The van der Waals surface area contributed by atoms with Gasteiger partial charge in [0.05, 0.1) is 25.3 Å². The van der Waals surface area contributed by atoms with E-state index in [0.717, 1.165) is 110 Å². The molecule has 8 nitrogen and oxygen atoms in total. The number of hydrogen-bond donors (Lipinski definition) is 1. The van der Waals surface area contributed by atoms with Crippen molar-refractivity contribution in [2.45, 2.75) is 89.4 Å². The Kier molecular flexibility index (Phi) is 12.2. The second-order valence-electron chi connectivity index (χ2n) is 12.2. The van der Waals surface area contributed by atoms with Crippen LogP contribution in [0.3, 0.4) is 0 Å². The van der Waals surface area contributed by atoms with Gasteiger partial charge in [0.15, 0.2) is 0 Å². The van der Waals surface area contributed by atoms with Gasteiger partial charge >= 0.3 is 6.09 Å². The van der Waals surface area contributed by atoms with Gasteiger partial charge in [0.25, 0.3) is 0 Å². The summed E-state index contributed by atoms with van der Waals surface area (Å²) in [5.74, 6) is 1.79. The molecule has 43 heavy (non-hydrogen) atoms. The van der Waals surface area contributed by atoms with Crippen molar-refractivity contribution in [2.75, 3.05) is 40.5 Å². The van der Waals surface area contributed by atoms with E-state index in [-0.39, 0.29) is 6.09 Å². The number of unbranched alkanes of at least 4 members (excludes halogenated alkanes) is 3. The average molecular weight is 612 g/mol. The van der Waals surface area contributed by atoms with Gasteiger partial charge in [-0.15, -0.1) is 0 Å². The van der Waals surface area contributed by atoms with Crippen LogP contribution in [0, 0.1) is 6.92 Å². The summed E-state index contributed by atoms with van der Waals surface area (Å²) in [6, 6.07) is 12.2.